The number of nitrogens with one attached hydrogen (secondary N) is 1. The van der Waals surface area contributed by atoms with Crippen LogP contribution in [-0.4, -0.2) is 38.9 Å². The average molecular weight is 292 g/mol. The second-order valence-corrected chi connectivity index (χ2v) is 3.54. The fraction of sp³-hybridized carbons (Fsp3) is 0.444. The first kappa shape index (κ1) is 15.9. The molecule has 0 amide bonds. The van der Waals surface area contributed by atoms with E-state index >= 15 is 0 Å². The van der Waals surface area contributed by atoms with Crippen LogP contribution in [0.3, 0.4) is 0 Å². The molecule has 0 aliphatic rings. The smallest absolute Gasteiger partial charge is 0.321 e. The molecule has 3 atom stereocenters. The van der Waals surface area contributed by atoms with E-state index in [1.165, 1.54) is 19.4 Å². The number of ketones is 1. The van der Waals surface area contributed by atoms with Crippen LogP contribution in [0.1, 0.15) is 18.5 Å². The number of nitrogens with two attached hydrogens (primary N) is 2. The fourth-order valence-corrected chi connectivity index (χ4v) is 1.39. The zero-order chi connectivity index (χ0) is 12.3. The minimum atomic E-state index is -1.33. The maximum absolute atomic E-state index is 11.8. The van der Waals surface area contributed by atoms with Crippen LogP contribution in [0.5, 0.6) is 0 Å². The van der Waals surface area contributed by atoms with Crippen LogP contribution in [0.25, 0.3) is 0 Å². The number of aromatic amines is 1. The molecule has 7 nitrogen and oxygen atoms in total. The number of carbonyl (C=O) groups is 2. The van der Waals surface area contributed by atoms with E-state index < -0.39 is 29.8 Å². The van der Waals surface area contributed by atoms with Gasteiger partial charge in [0.05, 0.1) is 18.3 Å². The number of Topliss-reactive ketones (excluding diaryl/α,β-unsaturated/α-hetero) is 1. The van der Waals surface area contributed by atoms with Crippen molar-refractivity contribution in [2.45, 2.75) is 24.9 Å². The summed E-state index contributed by atoms with van der Waals surface area (Å²) >= 11 is 0. The normalized spacial score (nSPS) is 15.5. The number of aliphatic carboxylic acids is 1. The van der Waals surface area contributed by atoms with E-state index in [9.17, 15) is 9.59 Å². The molecule has 0 aliphatic carbocycles. The van der Waals surface area contributed by atoms with E-state index in [1.54, 1.807) is 0 Å². The van der Waals surface area contributed by atoms with Crippen LogP contribution < -0.4 is 11.5 Å². The SMILES string of the molecule is CC(N)C(=O)C(c1cnc[nH]1)C(N)C(=O)O.[Zn]. The molecule has 0 aliphatic heterocycles. The van der Waals surface area contributed by atoms with E-state index in [4.69, 9.17) is 16.6 Å². The Morgan fingerprint density at radius 3 is 2.41 bits per heavy atom. The summed E-state index contributed by atoms with van der Waals surface area (Å²) in [7, 11) is 0. The molecule has 0 bridgehead atoms. The standard InChI is InChI=1S/C9H14N4O3.Zn/c1-4(10)8(14)6(7(11)9(15)16)5-2-12-3-13-5;/h2-4,6-7H,10-11H2,1H3,(H,12,13)(H,15,16);. The van der Waals surface area contributed by atoms with Crippen LogP contribution in [-0.2, 0) is 29.1 Å². The summed E-state index contributed by atoms with van der Waals surface area (Å²) in [6.45, 7) is 1.49. The molecular formula is C9H14N4O3Zn. The molecule has 0 spiro atoms. The largest absolute Gasteiger partial charge is 0.480 e. The molecular weight excluding hydrogens is 278 g/mol. The molecule has 1 rings (SSSR count). The summed E-state index contributed by atoms with van der Waals surface area (Å²) in [4.78, 5) is 29.0. The van der Waals surface area contributed by atoms with Crippen molar-refractivity contribution in [3.8, 4) is 0 Å². The predicted octanol–water partition coefficient (Wildman–Crippen LogP) is -1.18. The Hall–Kier alpha value is -1.11. The Kier molecular flexibility index (Phi) is 6.16. The Bertz CT molecular complexity index is 380. The number of hydrogen-bond donors (Lipinski definition) is 4. The quantitative estimate of drug-likeness (QED) is 0.504. The van der Waals surface area contributed by atoms with Gasteiger partial charge in [-0.25, -0.2) is 4.98 Å². The van der Waals surface area contributed by atoms with E-state index in [2.05, 4.69) is 9.97 Å². The van der Waals surface area contributed by atoms with Gasteiger partial charge in [-0.2, -0.15) is 0 Å². The first-order valence-electron chi connectivity index (χ1n) is 4.71. The summed E-state index contributed by atoms with van der Waals surface area (Å²) in [6.07, 6.45) is 2.72. The van der Waals surface area contributed by atoms with Gasteiger partial charge in [0.2, 0.25) is 0 Å². The van der Waals surface area contributed by atoms with Crippen molar-refractivity contribution in [1.29, 1.82) is 0 Å². The van der Waals surface area contributed by atoms with E-state index in [0.717, 1.165) is 0 Å². The number of aromatic nitrogens is 2. The van der Waals surface area contributed by atoms with Crippen molar-refractivity contribution in [3.05, 3.63) is 18.2 Å². The minimum absolute atomic E-state index is 0. The van der Waals surface area contributed by atoms with Gasteiger partial charge in [0.25, 0.3) is 0 Å². The van der Waals surface area contributed by atoms with Gasteiger partial charge in [0.15, 0.2) is 5.78 Å². The van der Waals surface area contributed by atoms with Crippen molar-refractivity contribution in [3.63, 3.8) is 0 Å². The van der Waals surface area contributed by atoms with Crippen LogP contribution in [0.4, 0.5) is 0 Å². The molecule has 0 fully saturated rings. The Labute approximate surface area is 111 Å². The Balaban J connectivity index is 0.00000256. The summed E-state index contributed by atoms with van der Waals surface area (Å²) < 4.78 is 0. The first-order valence-corrected chi connectivity index (χ1v) is 4.71. The van der Waals surface area contributed by atoms with Crippen molar-refractivity contribution in [1.82, 2.24) is 9.97 Å². The van der Waals surface area contributed by atoms with Crippen molar-refractivity contribution in [2.75, 3.05) is 0 Å². The Morgan fingerprint density at radius 2 is 2.06 bits per heavy atom. The molecule has 1 aromatic rings. The molecule has 0 aromatic carbocycles. The molecule has 90 valence electrons. The number of nitrogens with zero attached hydrogens (tertiary/aromatic N) is 1. The van der Waals surface area contributed by atoms with E-state index in [0.29, 0.717) is 5.69 Å². The van der Waals surface area contributed by atoms with Gasteiger partial charge in [-0.15, -0.1) is 0 Å². The van der Waals surface area contributed by atoms with Crippen LogP contribution in [0.15, 0.2) is 12.5 Å². The van der Waals surface area contributed by atoms with Gasteiger partial charge in [0.1, 0.15) is 6.04 Å². The molecule has 8 heteroatoms. The second-order valence-electron chi connectivity index (χ2n) is 3.54. The van der Waals surface area contributed by atoms with Gasteiger partial charge in [-0.1, -0.05) is 0 Å². The number of rotatable bonds is 5. The molecule has 1 aromatic heterocycles. The number of carboxylic acid groups (broad SMARTS) is 1. The van der Waals surface area contributed by atoms with Crippen molar-refractivity contribution < 1.29 is 34.2 Å². The van der Waals surface area contributed by atoms with Crippen LogP contribution >= 0.6 is 0 Å². The molecule has 0 saturated carbocycles. The topological polar surface area (TPSA) is 135 Å². The van der Waals surface area contributed by atoms with Gasteiger partial charge in [-0.05, 0) is 6.92 Å². The number of H-pyrrole nitrogens is 1. The predicted molar refractivity (Wildman–Crippen MR) is 55.6 cm³/mol. The molecule has 1 heterocycles. The zero-order valence-electron chi connectivity index (χ0n) is 9.46. The third-order valence-electron chi connectivity index (χ3n) is 2.25. The van der Waals surface area contributed by atoms with Gasteiger partial charge >= 0.3 is 5.97 Å². The van der Waals surface area contributed by atoms with Crippen molar-refractivity contribution in [2.24, 2.45) is 11.5 Å². The molecule has 3 unspecified atom stereocenters. The monoisotopic (exact) mass is 290 g/mol. The Morgan fingerprint density at radius 1 is 1.47 bits per heavy atom. The molecule has 0 radical (unpaired) electrons. The fourth-order valence-electron chi connectivity index (χ4n) is 1.39. The number of imidazole rings is 1. The maximum Gasteiger partial charge on any atom is 0.321 e. The molecule has 6 N–H and O–H groups in total. The van der Waals surface area contributed by atoms with Gasteiger partial charge in [-0.3, -0.25) is 9.59 Å². The van der Waals surface area contributed by atoms with Crippen LogP contribution in [0, 0.1) is 0 Å². The van der Waals surface area contributed by atoms with Gasteiger partial charge < -0.3 is 21.6 Å². The second kappa shape index (κ2) is 6.59. The number of carboxylic acids is 1. The van der Waals surface area contributed by atoms with Crippen LogP contribution in [0.2, 0.25) is 0 Å². The maximum atomic E-state index is 11.8. The summed E-state index contributed by atoms with van der Waals surface area (Å²) in [5, 5.41) is 8.83. The molecule has 17 heavy (non-hydrogen) atoms. The zero-order valence-corrected chi connectivity index (χ0v) is 12.4. The average Bonchev–Trinajstić information content (AvgIpc) is 2.70. The first-order chi connectivity index (χ1) is 7.45. The van der Waals surface area contributed by atoms with E-state index in [1.807, 2.05) is 0 Å². The third kappa shape index (κ3) is 3.69. The number of hydrogen-bond acceptors (Lipinski definition) is 5. The summed E-state index contributed by atoms with van der Waals surface area (Å²) in [5.74, 6) is -2.69. The minimum Gasteiger partial charge on any atom is -0.480 e. The van der Waals surface area contributed by atoms with E-state index in [-0.39, 0.29) is 19.5 Å². The molecule has 0 saturated heterocycles. The number of carbonyl (C=O) groups excluding carboxylic acids is 1. The van der Waals surface area contributed by atoms with Crippen molar-refractivity contribution >= 4 is 11.8 Å². The summed E-state index contributed by atoms with van der Waals surface area (Å²) in [5.41, 5.74) is 11.3. The summed E-state index contributed by atoms with van der Waals surface area (Å²) in [6, 6.07) is -2.11. The van der Waals surface area contributed by atoms with Gasteiger partial charge in [0, 0.05) is 31.4 Å². The third-order valence-corrected chi connectivity index (χ3v) is 2.25.